The third kappa shape index (κ3) is 1.41. The Labute approximate surface area is 86.6 Å². The highest BCUT2D eigenvalue weighted by Crippen LogP contribution is 2.24. The van der Waals surface area contributed by atoms with Crippen LogP contribution in [0.2, 0.25) is 0 Å². The van der Waals surface area contributed by atoms with Crippen molar-refractivity contribution in [3.8, 4) is 0 Å². The summed E-state index contributed by atoms with van der Waals surface area (Å²) >= 11 is 0. The maximum absolute atomic E-state index is 11.6. The molecule has 2 rings (SSSR count). The smallest absolute Gasteiger partial charge is 0.322 e. The zero-order valence-corrected chi connectivity index (χ0v) is 8.20. The van der Waals surface area contributed by atoms with Gasteiger partial charge < -0.3 is 11.1 Å². The first-order chi connectivity index (χ1) is 7.02. The molecule has 1 heterocycles. The number of hydrogen-bond acceptors (Lipinski definition) is 3. The zero-order chi connectivity index (χ0) is 11.1. The molecule has 0 spiro atoms. The summed E-state index contributed by atoms with van der Waals surface area (Å²) in [5.74, 6) is -0.350. The fraction of sp³-hybridized carbons (Fsp3) is 0.200. The number of carbonyl (C=O) groups excluding carboxylic acids is 2. The van der Waals surface area contributed by atoms with E-state index in [9.17, 15) is 9.59 Å². The molecule has 1 unspecified atom stereocenters. The van der Waals surface area contributed by atoms with Crippen molar-refractivity contribution in [1.29, 1.82) is 0 Å². The molecule has 5 heteroatoms. The molecule has 0 aromatic heterocycles. The molecule has 3 amide bonds. The second-order valence-electron chi connectivity index (χ2n) is 3.66. The van der Waals surface area contributed by atoms with Gasteiger partial charge in [-0.25, -0.2) is 4.79 Å². The van der Waals surface area contributed by atoms with Gasteiger partial charge in [0.05, 0.1) is 0 Å². The quantitative estimate of drug-likeness (QED) is 0.456. The van der Waals surface area contributed by atoms with Gasteiger partial charge in [0.1, 0.15) is 5.54 Å². The molecule has 0 bridgehead atoms. The van der Waals surface area contributed by atoms with Gasteiger partial charge in [-0.05, 0) is 24.6 Å². The minimum Gasteiger partial charge on any atom is -0.399 e. The van der Waals surface area contributed by atoms with E-state index < -0.39 is 11.6 Å². The van der Waals surface area contributed by atoms with Gasteiger partial charge in [-0.1, -0.05) is 12.1 Å². The first-order valence-corrected chi connectivity index (χ1v) is 4.52. The molecule has 1 atom stereocenters. The number of amides is 3. The van der Waals surface area contributed by atoms with E-state index >= 15 is 0 Å². The van der Waals surface area contributed by atoms with Crippen molar-refractivity contribution in [3.63, 3.8) is 0 Å². The Morgan fingerprint density at radius 3 is 2.27 bits per heavy atom. The van der Waals surface area contributed by atoms with Gasteiger partial charge in [-0.2, -0.15) is 0 Å². The third-order valence-electron chi connectivity index (χ3n) is 2.53. The largest absolute Gasteiger partial charge is 0.399 e. The monoisotopic (exact) mass is 205 g/mol. The Morgan fingerprint density at radius 1 is 1.20 bits per heavy atom. The average Bonchev–Trinajstić information content (AvgIpc) is 2.42. The van der Waals surface area contributed by atoms with Crippen LogP contribution in [0.4, 0.5) is 10.5 Å². The molecule has 4 N–H and O–H groups in total. The Morgan fingerprint density at radius 2 is 1.80 bits per heavy atom. The van der Waals surface area contributed by atoms with E-state index in [0.717, 1.165) is 0 Å². The Kier molecular flexibility index (Phi) is 1.89. The Balaban J connectivity index is 2.41. The maximum atomic E-state index is 11.6. The standard InChI is InChI=1S/C10H11N3O2/c1-10(8(14)12-9(15)13-10)6-2-4-7(11)5-3-6/h2-5H,11H2,1H3,(H2,12,13,14,15). The van der Waals surface area contributed by atoms with E-state index in [1.54, 1.807) is 31.2 Å². The summed E-state index contributed by atoms with van der Waals surface area (Å²) < 4.78 is 0. The van der Waals surface area contributed by atoms with Gasteiger partial charge in [0.25, 0.3) is 5.91 Å². The van der Waals surface area contributed by atoms with Gasteiger partial charge in [0.15, 0.2) is 0 Å². The van der Waals surface area contributed by atoms with Crippen molar-refractivity contribution in [1.82, 2.24) is 10.6 Å². The van der Waals surface area contributed by atoms with Crippen LogP contribution in [0.5, 0.6) is 0 Å². The lowest BCUT2D eigenvalue weighted by Gasteiger charge is -2.20. The molecule has 1 aromatic carbocycles. The minimum atomic E-state index is -0.995. The van der Waals surface area contributed by atoms with Gasteiger partial charge in [-0.3, -0.25) is 10.1 Å². The zero-order valence-electron chi connectivity index (χ0n) is 8.20. The highest BCUT2D eigenvalue weighted by molar-refractivity contribution is 6.07. The van der Waals surface area contributed by atoms with E-state index in [1.165, 1.54) is 0 Å². The van der Waals surface area contributed by atoms with Crippen LogP contribution in [0.3, 0.4) is 0 Å². The molecular formula is C10H11N3O2. The number of nitrogen functional groups attached to an aromatic ring is 1. The lowest BCUT2D eigenvalue weighted by molar-refractivity contribution is -0.123. The highest BCUT2D eigenvalue weighted by Gasteiger charge is 2.43. The first-order valence-electron chi connectivity index (χ1n) is 4.52. The van der Waals surface area contributed by atoms with Crippen molar-refractivity contribution in [2.24, 2.45) is 0 Å². The third-order valence-corrected chi connectivity index (χ3v) is 2.53. The summed E-state index contributed by atoms with van der Waals surface area (Å²) in [4.78, 5) is 22.6. The second-order valence-corrected chi connectivity index (χ2v) is 3.66. The Hall–Kier alpha value is -2.04. The summed E-state index contributed by atoms with van der Waals surface area (Å²) in [7, 11) is 0. The van der Waals surface area contributed by atoms with Crippen molar-refractivity contribution >= 4 is 17.6 Å². The predicted octanol–water partition coefficient (Wildman–Crippen LogP) is 0.323. The van der Waals surface area contributed by atoms with Gasteiger partial charge in [0.2, 0.25) is 0 Å². The second kappa shape index (κ2) is 2.98. The Bertz CT molecular complexity index is 427. The average molecular weight is 205 g/mol. The highest BCUT2D eigenvalue weighted by atomic mass is 16.2. The van der Waals surface area contributed by atoms with Crippen molar-refractivity contribution in [3.05, 3.63) is 29.8 Å². The summed E-state index contributed by atoms with van der Waals surface area (Å²) in [5, 5.41) is 4.78. The molecule has 0 saturated carbocycles. The lowest BCUT2D eigenvalue weighted by atomic mass is 9.92. The maximum Gasteiger partial charge on any atom is 0.322 e. The SMILES string of the molecule is CC1(c2ccc(N)cc2)NC(=O)NC1=O. The summed E-state index contributed by atoms with van der Waals surface area (Å²) in [6.45, 7) is 1.65. The van der Waals surface area contributed by atoms with Gasteiger partial charge in [-0.15, -0.1) is 0 Å². The normalized spacial score (nSPS) is 24.9. The number of carbonyl (C=O) groups is 2. The molecule has 1 fully saturated rings. The molecule has 0 radical (unpaired) electrons. The van der Waals surface area contributed by atoms with E-state index in [0.29, 0.717) is 11.3 Å². The van der Waals surface area contributed by atoms with Crippen LogP contribution in [0, 0.1) is 0 Å². The van der Waals surface area contributed by atoms with E-state index in [2.05, 4.69) is 10.6 Å². The lowest BCUT2D eigenvalue weighted by Crippen LogP contribution is -2.40. The number of hydrogen-bond donors (Lipinski definition) is 3. The van der Waals surface area contributed by atoms with Gasteiger partial charge in [0, 0.05) is 5.69 Å². The molecular weight excluding hydrogens is 194 g/mol. The van der Waals surface area contributed by atoms with Crippen molar-refractivity contribution in [2.75, 3.05) is 5.73 Å². The molecule has 5 nitrogen and oxygen atoms in total. The van der Waals surface area contributed by atoms with E-state index in [-0.39, 0.29) is 5.91 Å². The van der Waals surface area contributed by atoms with Gasteiger partial charge >= 0.3 is 6.03 Å². The summed E-state index contributed by atoms with van der Waals surface area (Å²) in [6.07, 6.45) is 0. The van der Waals surface area contributed by atoms with Crippen LogP contribution in [0.25, 0.3) is 0 Å². The summed E-state index contributed by atoms with van der Waals surface area (Å²) in [5.41, 5.74) is 5.87. The topological polar surface area (TPSA) is 84.2 Å². The number of nitrogens with one attached hydrogen (secondary N) is 2. The van der Waals surface area contributed by atoms with E-state index in [4.69, 9.17) is 5.73 Å². The number of rotatable bonds is 1. The number of benzene rings is 1. The predicted molar refractivity (Wildman–Crippen MR) is 54.9 cm³/mol. The van der Waals surface area contributed by atoms with Crippen molar-refractivity contribution < 1.29 is 9.59 Å². The number of anilines is 1. The molecule has 78 valence electrons. The molecule has 1 aromatic rings. The van der Waals surface area contributed by atoms with Crippen LogP contribution >= 0.6 is 0 Å². The van der Waals surface area contributed by atoms with Crippen LogP contribution < -0.4 is 16.4 Å². The number of imide groups is 1. The first kappa shape index (κ1) is 9.51. The minimum absolute atomic E-state index is 0.350. The summed E-state index contributed by atoms with van der Waals surface area (Å²) in [6, 6.07) is 6.36. The fourth-order valence-corrected chi connectivity index (χ4v) is 1.56. The van der Waals surface area contributed by atoms with Crippen LogP contribution in [-0.4, -0.2) is 11.9 Å². The molecule has 1 aliphatic heterocycles. The van der Waals surface area contributed by atoms with Crippen LogP contribution in [0.15, 0.2) is 24.3 Å². The van der Waals surface area contributed by atoms with Crippen LogP contribution in [0.1, 0.15) is 12.5 Å². The molecule has 15 heavy (non-hydrogen) atoms. The van der Waals surface area contributed by atoms with Crippen molar-refractivity contribution in [2.45, 2.75) is 12.5 Å². The van der Waals surface area contributed by atoms with E-state index in [1.807, 2.05) is 0 Å². The fourth-order valence-electron chi connectivity index (χ4n) is 1.56. The number of urea groups is 1. The number of nitrogens with two attached hydrogens (primary N) is 1. The molecule has 0 aliphatic carbocycles. The van der Waals surface area contributed by atoms with Crippen LogP contribution in [-0.2, 0) is 10.3 Å². The molecule has 1 aliphatic rings. The molecule has 1 saturated heterocycles.